The predicted molar refractivity (Wildman–Crippen MR) is 99.5 cm³/mol. The molecule has 26 heavy (non-hydrogen) atoms. The Bertz CT molecular complexity index is 489. The lowest BCUT2D eigenvalue weighted by molar-refractivity contribution is -0.172. The van der Waals surface area contributed by atoms with Gasteiger partial charge in [-0.2, -0.15) is 0 Å². The van der Waals surface area contributed by atoms with Crippen molar-refractivity contribution in [2.45, 2.75) is 97.9 Å². The minimum Gasteiger partial charge on any atom is -0.462 e. The molecule has 0 amide bonds. The van der Waals surface area contributed by atoms with Gasteiger partial charge in [-0.25, -0.2) is 9.59 Å². The maximum Gasteiger partial charge on any atom is 0.347 e. The highest BCUT2D eigenvalue weighted by molar-refractivity contribution is 5.94. The summed E-state index contributed by atoms with van der Waals surface area (Å²) in [6.45, 7) is 14.3. The molecule has 0 saturated carbocycles. The van der Waals surface area contributed by atoms with Crippen molar-refractivity contribution in [3.8, 4) is 0 Å². The van der Waals surface area contributed by atoms with Crippen molar-refractivity contribution in [2.24, 2.45) is 0 Å². The minimum absolute atomic E-state index is 0.0452. The number of rotatable bonds is 11. The zero-order valence-electron chi connectivity index (χ0n) is 17.1. The molecule has 0 saturated heterocycles. The van der Waals surface area contributed by atoms with Gasteiger partial charge in [-0.05, 0) is 40.5 Å². The Morgan fingerprint density at radius 1 is 1.00 bits per heavy atom. The molecule has 0 fully saturated rings. The van der Waals surface area contributed by atoms with E-state index in [1.54, 1.807) is 20.8 Å². The third-order valence-electron chi connectivity index (χ3n) is 3.46. The highest BCUT2D eigenvalue weighted by atomic mass is 16.6. The smallest absolute Gasteiger partial charge is 0.347 e. The van der Waals surface area contributed by atoms with Crippen molar-refractivity contribution in [2.75, 3.05) is 0 Å². The summed E-state index contributed by atoms with van der Waals surface area (Å²) in [6, 6.07) is 0. The fourth-order valence-corrected chi connectivity index (χ4v) is 2.17. The maximum atomic E-state index is 12.0. The topological polar surface area (TPSA) is 78.9 Å². The molecule has 0 radical (unpaired) electrons. The molecule has 0 aromatic heterocycles. The zero-order chi connectivity index (χ0) is 20.3. The number of ether oxygens (including phenoxy) is 3. The molecule has 0 heterocycles. The molecule has 150 valence electrons. The van der Waals surface area contributed by atoms with Gasteiger partial charge in [0.1, 0.15) is 11.7 Å². The summed E-state index contributed by atoms with van der Waals surface area (Å²) in [5.41, 5.74) is -0.720. The van der Waals surface area contributed by atoms with Crippen molar-refractivity contribution in [3.63, 3.8) is 0 Å². The Balaban J connectivity index is 4.49. The molecule has 0 bridgehead atoms. The van der Waals surface area contributed by atoms with E-state index in [4.69, 9.17) is 14.2 Å². The van der Waals surface area contributed by atoms with Gasteiger partial charge in [0.25, 0.3) is 0 Å². The van der Waals surface area contributed by atoms with Crippen LogP contribution in [-0.2, 0) is 28.6 Å². The van der Waals surface area contributed by atoms with Crippen LogP contribution in [0.1, 0.15) is 80.1 Å². The second-order valence-corrected chi connectivity index (χ2v) is 7.40. The summed E-state index contributed by atoms with van der Waals surface area (Å²) < 4.78 is 15.6. The van der Waals surface area contributed by atoms with Gasteiger partial charge < -0.3 is 14.2 Å². The first-order chi connectivity index (χ1) is 12.0. The monoisotopic (exact) mass is 370 g/mol. The van der Waals surface area contributed by atoms with Crippen LogP contribution in [-0.4, -0.2) is 35.7 Å². The quantitative estimate of drug-likeness (QED) is 0.309. The fourth-order valence-electron chi connectivity index (χ4n) is 2.17. The van der Waals surface area contributed by atoms with Gasteiger partial charge in [-0.3, -0.25) is 4.79 Å². The molecule has 0 aliphatic heterocycles. The van der Waals surface area contributed by atoms with Crippen LogP contribution in [0.25, 0.3) is 0 Å². The van der Waals surface area contributed by atoms with Crippen LogP contribution >= 0.6 is 0 Å². The van der Waals surface area contributed by atoms with E-state index in [1.165, 1.54) is 6.92 Å². The zero-order valence-corrected chi connectivity index (χ0v) is 17.1. The standard InChI is InChI=1S/C20H34O6/c1-8-10-12-16(11-9-2)25-17(21)13-14(3)18(22)24-15(4)19(23)26-20(5,6)7/h15-16H,3,8-13H2,1-2,4-7H3. The van der Waals surface area contributed by atoms with Gasteiger partial charge in [0.15, 0.2) is 6.10 Å². The van der Waals surface area contributed by atoms with Crippen molar-refractivity contribution >= 4 is 17.9 Å². The van der Waals surface area contributed by atoms with Crippen LogP contribution in [0.2, 0.25) is 0 Å². The van der Waals surface area contributed by atoms with Crippen LogP contribution in [0.3, 0.4) is 0 Å². The van der Waals surface area contributed by atoms with E-state index in [0.29, 0.717) is 0 Å². The van der Waals surface area contributed by atoms with Gasteiger partial charge in [0, 0.05) is 5.57 Å². The Hall–Kier alpha value is -1.85. The molecule has 0 rings (SSSR count). The first kappa shape index (κ1) is 24.1. The molecule has 6 nitrogen and oxygen atoms in total. The molecule has 6 heteroatoms. The molecule has 0 N–H and O–H groups in total. The lowest BCUT2D eigenvalue weighted by Gasteiger charge is -2.22. The summed E-state index contributed by atoms with van der Waals surface area (Å²) in [5.74, 6) is -1.96. The number of esters is 3. The molecule has 0 aliphatic rings. The lowest BCUT2D eigenvalue weighted by atomic mass is 10.1. The number of unbranched alkanes of at least 4 members (excludes halogenated alkanes) is 1. The highest BCUT2D eigenvalue weighted by Crippen LogP contribution is 2.15. The summed E-state index contributed by atoms with van der Waals surface area (Å²) in [6.07, 6.45) is 3.04. The summed E-state index contributed by atoms with van der Waals surface area (Å²) in [5, 5.41) is 0. The van der Waals surface area contributed by atoms with Crippen molar-refractivity contribution < 1.29 is 28.6 Å². The van der Waals surface area contributed by atoms with E-state index in [2.05, 4.69) is 13.5 Å². The van der Waals surface area contributed by atoms with E-state index in [0.717, 1.165) is 32.1 Å². The molecule has 2 unspecified atom stereocenters. The fraction of sp³-hybridized carbons (Fsp3) is 0.750. The van der Waals surface area contributed by atoms with Crippen LogP contribution in [0, 0.1) is 0 Å². The number of hydrogen-bond acceptors (Lipinski definition) is 6. The number of carbonyl (C=O) groups excluding carboxylic acids is 3. The third-order valence-corrected chi connectivity index (χ3v) is 3.46. The van der Waals surface area contributed by atoms with Gasteiger partial charge in [-0.1, -0.05) is 39.7 Å². The van der Waals surface area contributed by atoms with Crippen molar-refractivity contribution in [1.82, 2.24) is 0 Å². The number of carbonyl (C=O) groups is 3. The van der Waals surface area contributed by atoms with E-state index in [9.17, 15) is 14.4 Å². The summed E-state index contributed by atoms with van der Waals surface area (Å²) in [4.78, 5) is 35.9. The van der Waals surface area contributed by atoms with E-state index in [1.807, 2.05) is 6.92 Å². The second-order valence-electron chi connectivity index (χ2n) is 7.40. The average Bonchev–Trinajstić information content (AvgIpc) is 2.50. The second kappa shape index (κ2) is 11.7. The first-order valence-electron chi connectivity index (χ1n) is 9.31. The molecule has 0 aromatic rings. The maximum absolute atomic E-state index is 12.0. The molecule has 0 spiro atoms. The third kappa shape index (κ3) is 10.9. The molecule has 0 aromatic carbocycles. The van der Waals surface area contributed by atoms with Crippen LogP contribution in [0.4, 0.5) is 0 Å². The molecule has 0 aliphatic carbocycles. The highest BCUT2D eigenvalue weighted by Gasteiger charge is 2.26. The first-order valence-corrected chi connectivity index (χ1v) is 9.31. The van der Waals surface area contributed by atoms with Crippen LogP contribution < -0.4 is 0 Å². The van der Waals surface area contributed by atoms with E-state index < -0.39 is 29.6 Å². The Morgan fingerprint density at radius 2 is 1.62 bits per heavy atom. The van der Waals surface area contributed by atoms with Crippen LogP contribution in [0.5, 0.6) is 0 Å². The van der Waals surface area contributed by atoms with Crippen molar-refractivity contribution in [3.05, 3.63) is 12.2 Å². The predicted octanol–water partition coefficient (Wildman–Crippen LogP) is 4.11. The Morgan fingerprint density at radius 3 is 2.12 bits per heavy atom. The van der Waals surface area contributed by atoms with Gasteiger partial charge in [0.05, 0.1) is 6.42 Å². The van der Waals surface area contributed by atoms with Crippen LogP contribution in [0.15, 0.2) is 12.2 Å². The minimum atomic E-state index is -1.08. The SMILES string of the molecule is C=C(CC(=O)OC(CCC)CCCC)C(=O)OC(C)C(=O)OC(C)(C)C. The molecular weight excluding hydrogens is 336 g/mol. The largest absolute Gasteiger partial charge is 0.462 e. The Kier molecular flexibility index (Phi) is 10.9. The van der Waals surface area contributed by atoms with Gasteiger partial charge >= 0.3 is 17.9 Å². The number of hydrogen-bond donors (Lipinski definition) is 0. The molecule has 2 atom stereocenters. The Labute approximate surface area is 157 Å². The average molecular weight is 370 g/mol. The van der Waals surface area contributed by atoms with Gasteiger partial charge in [0.2, 0.25) is 0 Å². The van der Waals surface area contributed by atoms with E-state index >= 15 is 0 Å². The van der Waals surface area contributed by atoms with E-state index in [-0.39, 0.29) is 18.1 Å². The molecular formula is C20H34O6. The van der Waals surface area contributed by atoms with Crippen molar-refractivity contribution in [1.29, 1.82) is 0 Å². The normalized spacial score (nSPS) is 13.5. The van der Waals surface area contributed by atoms with Gasteiger partial charge in [-0.15, -0.1) is 0 Å². The lowest BCUT2D eigenvalue weighted by Crippen LogP contribution is -2.33. The summed E-state index contributed by atoms with van der Waals surface area (Å²) in [7, 11) is 0. The summed E-state index contributed by atoms with van der Waals surface area (Å²) >= 11 is 0.